The van der Waals surface area contributed by atoms with Crippen molar-refractivity contribution in [3.8, 4) is 0 Å². The van der Waals surface area contributed by atoms with Crippen LogP contribution in [-0.2, 0) is 20.8 Å². The molecule has 1 saturated heterocycles. The fourth-order valence-electron chi connectivity index (χ4n) is 3.64. The highest BCUT2D eigenvalue weighted by molar-refractivity contribution is 6.00. The van der Waals surface area contributed by atoms with Gasteiger partial charge in [-0.2, -0.15) is 0 Å². The van der Waals surface area contributed by atoms with Crippen LogP contribution in [0.25, 0.3) is 0 Å². The molecule has 1 aromatic carbocycles. The van der Waals surface area contributed by atoms with Crippen LogP contribution in [0, 0.1) is 0 Å². The molecule has 2 amide bonds. The number of carbonyl (C=O) groups excluding carboxylic acids is 2. The average molecular weight is 372 g/mol. The largest absolute Gasteiger partial charge is 0.441 e. The lowest BCUT2D eigenvalue weighted by Crippen LogP contribution is -2.49. The Labute approximate surface area is 160 Å². The topological polar surface area (TPSA) is 68.2 Å². The van der Waals surface area contributed by atoms with Gasteiger partial charge in [-0.25, -0.2) is 9.69 Å². The van der Waals surface area contributed by atoms with Crippen LogP contribution in [0.2, 0.25) is 0 Å². The maximum Gasteiger partial charge on any atom is 0.417 e. The molecule has 2 heterocycles. The second-order valence-corrected chi connectivity index (χ2v) is 7.80. The summed E-state index contributed by atoms with van der Waals surface area (Å²) < 4.78 is 5.51. The van der Waals surface area contributed by atoms with Crippen molar-refractivity contribution in [1.29, 1.82) is 0 Å². The van der Waals surface area contributed by atoms with Gasteiger partial charge in [-0.1, -0.05) is 55.3 Å². The Bertz CT molecular complexity index is 714. The number of imide groups is 1. The molecule has 0 bridgehead atoms. The lowest BCUT2D eigenvalue weighted by molar-refractivity contribution is -0.140. The normalized spacial score (nSPS) is 23.7. The van der Waals surface area contributed by atoms with Crippen molar-refractivity contribution < 1.29 is 19.2 Å². The van der Waals surface area contributed by atoms with Crippen LogP contribution >= 0.6 is 0 Å². The molecule has 0 saturated carbocycles. The SMILES string of the molecule is CCCCCC1=NOC(C(=O)N2C(=O)OC(C)(C)[C@@H]2Cc2ccccc2)C1. The number of hydrogen-bond acceptors (Lipinski definition) is 5. The summed E-state index contributed by atoms with van der Waals surface area (Å²) in [6.45, 7) is 5.83. The first kappa shape index (κ1) is 19.4. The van der Waals surface area contributed by atoms with Crippen molar-refractivity contribution in [2.45, 2.75) is 77.0 Å². The summed E-state index contributed by atoms with van der Waals surface area (Å²) in [5.41, 5.74) is 1.19. The number of cyclic esters (lactones) is 1. The Balaban J connectivity index is 1.69. The van der Waals surface area contributed by atoms with Crippen LogP contribution in [0.3, 0.4) is 0 Å². The van der Waals surface area contributed by atoms with Gasteiger partial charge in [0.25, 0.3) is 5.91 Å². The van der Waals surface area contributed by atoms with Crippen LogP contribution in [0.4, 0.5) is 4.79 Å². The molecule has 146 valence electrons. The molecule has 0 radical (unpaired) electrons. The lowest BCUT2D eigenvalue weighted by atomic mass is 9.91. The predicted octanol–water partition coefficient (Wildman–Crippen LogP) is 4.08. The number of oxime groups is 1. The molecule has 1 unspecified atom stereocenters. The molecular weight excluding hydrogens is 344 g/mol. The van der Waals surface area contributed by atoms with E-state index in [2.05, 4.69) is 12.1 Å². The smallest absolute Gasteiger partial charge is 0.417 e. The summed E-state index contributed by atoms with van der Waals surface area (Å²) in [7, 11) is 0. The Morgan fingerprint density at radius 2 is 2.00 bits per heavy atom. The molecule has 2 aliphatic rings. The van der Waals surface area contributed by atoms with E-state index >= 15 is 0 Å². The third-order valence-corrected chi connectivity index (χ3v) is 5.24. The standard InChI is InChI=1S/C21H28N2O4/c1-4-5-7-12-16-14-17(27-22-16)19(24)23-18(21(2,3)26-20(23)25)13-15-10-8-6-9-11-15/h6,8-11,17-18H,4-5,7,12-14H2,1-3H3/t17?,18-/m0/s1. The van der Waals surface area contributed by atoms with E-state index in [4.69, 9.17) is 9.57 Å². The van der Waals surface area contributed by atoms with Crippen LogP contribution in [0.5, 0.6) is 0 Å². The fourth-order valence-corrected chi connectivity index (χ4v) is 3.64. The summed E-state index contributed by atoms with van der Waals surface area (Å²) in [4.78, 5) is 32.1. The first-order chi connectivity index (χ1) is 12.9. The van der Waals surface area contributed by atoms with Crippen molar-refractivity contribution in [3.05, 3.63) is 35.9 Å². The Hall–Kier alpha value is -2.37. The van der Waals surface area contributed by atoms with Gasteiger partial charge < -0.3 is 9.57 Å². The minimum absolute atomic E-state index is 0.360. The fraction of sp³-hybridized carbons (Fsp3) is 0.571. The lowest BCUT2D eigenvalue weighted by Gasteiger charge is -2.28. The van der Waals surface area contributed by atoms with Crippen LogP contribution < -0.4 is 0 Å². The molecule has 0 N–H and O–H groups in total. The van der Waals surface area contributed by atoms with E-state index < -0.39 is 17.8 Å². The zero-order chi connectivity index (χ0) is 19.4. The van der Waals surface area contributed by atoms with Gasteiger partial charge in [-0.15, -0.1) is 0 Å². The minimum atomic E-state index is -0.758. The van der Waals surface area contributed by atoms with E-state index in [1.807, 2.05) is 44.2 Å². The van der Waals surface area contributed by atoms with Crippen LogP contribution in [0.1, 0.15) is 58.4 Å². The summed E-state index contributed by atoms with van der Waals surface area (Å²) in [6, 6.07) is 9.43. The minimum Gasteiger partial charge on any atom is -0.441 e. The van der Waals surface area contributed by atoms with Gasteiger partial charge in [0.05, 0.1) is 11.8 Å². The number of unbranched alkanes of at least 4 members (excludes halogenated alkanes) is 2. The molecule has 0 aliphatic carbocycles. The van der Waals surface area contributed by atoms with E-state index in [9.17, 15) is 9.59 Å². The highest BCUT2D eigenvalue weighted by Crippen LogP contribution is 2.33. The average Bonchev–Trinajstić information content (AvgIpc) is 3.18. The molecule has 0 spiro atoms. The summed E-state index contributed by atoms with van der Waals surface area (Å²) in [6.07, 6.45) is 3.79. The van der Waals surface area contributed by atoms with Crippen molar-refractivity contribution >= 4 is 17.7 Å². The van der Waals surface area contributed by atoms with Crippen molar-refractivity contribution in [1.82, 2.24) is 4.90 Å². The Kier molecular flexibility index (Phi) is 5.82. The van der Waals surface area contributed by atoms with Crippen LogP contribution in [0.15, 0.2) is 35.5 Å². The molecule has 1 fully saturated rings. The summed E-state index contributed by atoms with van der Waals surface area (Å²) >= 11 is 0. The van der Waals surface area contributed by atoms with E-state index in [1.54, 1.807) is 0 Å². The molecule has 0 aromatic heterocycles. The quantitative estimate of drug-likeness (QED) is 0.676. The molecule has 2 aliphatic heterocycles. The highest BCUT2D eigenvalue weighted by atomic mass is 16.6. The van der Waals surface area contributed by atoms with E-state index in [1.165, 1.54) is 4.90 Å². The maximum atomic E-state index is 13.0. The summed E-state index contributed by atoms with van der Waals surface area (Å²) in [5, 5.41) is 4.07. The Morgan fingerprint density at radius 3 is 2.70 bits per heavy atom. The van der Waals surface area contributed by atoms with Crippen molar-refractivity contribution in [2.24, 2.45) is 5.16 Å². The molecule has 3 rings (SSSR count). The van der Waals surface area contributed by atoms with Gasteiger partial charge in [0.15, 0.2) is 0 Å². The van der Waals surface area contributed by atoms with Crippen molar-refractivity contribution in [2.75, 3.05) is 0 Å². The molecule has 27 heavy (non-hydrogen) atoms. The molecule has 2 atom stereocenters. The number of ether oxygens (including phenoxy) is 1. The Morgan fingerprint density at radius 1 is 1.26 bits per heavy atom. The van der Waals surface area contributed by atoms with E-state index in [-0.39, 0.29) is 11.9 Å². The first-order valence-corrected chi connectivity index (χ1v) is 9.74. The number of rotatable bonds is 7. The third kappa shape index (κ3) is 4.31. The second-order valence-electron chi connectivity index (χ2n) is 7.80. The zero-order valence-corrected chi connectivity index (χ0v) is 16.3. The van der Waals surface area contributed by atoms with Crippen molar-refractivity contribution in [3.63, 3.8) is 0 Å². The predicted molar refractivity (Wildman–Crippen MR) is 102 cm³/mol. The number of benzene rings is 1. The van der Waals surface area contributed by atoms with Gasteiger partial charge in [-0.05, 0) is 38.7 Å². The van der Waals surface area contributed by atoms with Gasteiger partial charge in [-0.3, -0.25) is 4.79 Å². The van der Waals surface area contributed by atoms with E-state index in [0.29, 0.717) is 12.8 Å². The maximum absolute atomic E-state index is 13.0. The number of carbonyl (C=O) groups is 2. The monoisotopic (exact) mass is 372 g/mol. The number of nitrogens with zero attached hydrogens (tertiary/aromatic N) is 2. The van der Waals surface area contributed by atoms with Gasteiger partial charge in [0.2, 0.25) is 6.10 Å². The molecule has 6 heteroatoms. The second kappa shape index (κ2) is 8.11. The van der Waals surface area contributed by atoms with Gasteiger partial charge in [0, 0.05) is 6.42 Å². The third-order valence-electron chi connectivity index (χ3n) is 5.24. The number of amides is 2. The zero-order valence-electron chi connectivity index (χ0n) is 16.3. The molecule has 6 nitrogen and oxygen atoms in total. The summed E-state index contributed by atoms with van der Waals surface area (Å²) in [5.74, 6) is -0.360. The molecule has 1 aromatic rings. The van der Waals surface area contributed by atoms with Gasteiger partial charge >= 0.3 is 6.09 Å². The first-order valence-electron chi connectivity index (χ1n) is 9.74. The van der Waals surface area contributed by atoms with Gasteiger partial charge in [0.1, 0.15) is 5.60 Å². The molecular formula is C21H28N2O4. The highest BCUT2D eigenvalue weighted by Gasteiger charge is 2.52. The van der Waals surface area contributed by atoms with E-state index in [0.717, 1.165) is 37.0 Å². The number of hydrogen-bond donors (Lipinski definition) is 0. The van der Waals surface area contributed by atoms with Crippen LogP contribution in [-0.4, -0.2) is 40.4 Å².